The van der Waals surface area contributed by atoms with Crippen LogP contribution in [0.5, 0.6) is 0 Å². The van der Waals surface area contributed by atoms with Crippen LogP contribution in [0.1, 0.15) is 12.0 Å². The lowest BCUT2D eigenvalue weighted by Crippen LogP contribution is -2.22. The van der Waals surface area contributed by atoms with Crippen molar-refractivity contribution in [1.82, 2.24) is 0 Å². The molecule has 2 rings (SSSR count). The Bertz CT molecular complexity index is 338. The Kier molecular flexibility index (Phi) is 2.33. The molecule has 3 nitrogen and oxygen atoms in total. The van der Waals surface area contributed by atoms with Gasteiger partial charge in [0.2, 0.25) is 0 Å². The third kappa shape index (κ3) is 1.55. The maximum Gasteiger partial charge on any atom is 0.0731 e. The van der Waals surface area contributed by atoms with Crippen molar-refractivity contribution < 1.29 is 5.11 Å². The monoisotopic (exact) mass is 192 g/mol. The standard InChI is InChI=1S/C11H16N2O/c1-8-10(12)3-2-4-11(8)13-6-5-9(14)7-13/h2-4,9,14H,5-7,12H2,1H3. The zero-order valence-electron chi connectivity index (χ0n) is 8.40. The molecule has 0 saturated carbocycles. The fraction of sp³-hybridized carbons (Fsp3) is 0.455. The van der Waals surface area contributed by atoms with Gasteiger partial charge in [0.1, 0.15) is 0 Å². The SMILES string of the molecule is Cc1c(N)cccc1N1CCC(O)C1. The lowest BCUT2D eigenvalue weighted by atomic mass is 10.1. The number of nitrogens with two attached hydrogens (primary N) is 1. The number of hydrogen-bond acceptors (Lipinski definition) is 3. The number of hydrogen-bond donors (Lipinski definition) is 2. The molecule has 1 fully saturated rings. The van der Waals surface area contributed by atoms with Gasteiger partial charge in [-0.1, -0.05) is 6.07 Å². The molecule has 76 valence electrons. The number of nitrogen functional groups attached to an aromatic ring is 1. The van der Waals surface area contributed by atoms with E-state index in [0.29, 0.717) is 0 Å². The molecule has 0 spiro atoms. The summed E-state index contributed by atoms with van der Waals surface area (Å²) in [6.07, 6.45) is 0.671. The van der Waals surface area contributed by atoms with Gasteiger partial charge in [-0.2, -0.15) is 0 Å². The van der Waals surface area contributed by atoms with Crippen LogP contribution in [-0.2, 0) is 0 Å². The molecule has 1 heterocycles. The molecular weight excluding hydrogens is 176 g/mol. The number of rotatable bonds is 1. The summed E-state index contributed by atoms with van der Waals surface area (Å²) in [5.74, 6) is 0. The van der Waals surface area contributed by atoms with E-state index in [0.717, 1.165) is 36.4 Å². The molecule has 1 atom stereocenters. The quantitative estimate of drug-likeness (QED) is 0.656. The first-order valence-electron chi connectivity index (χ1n) is 4.96. The topological polar surface area (TPSA) is 49.5 Å². The van der Waals surface area contributed by atoms with Gasteiger partial charge in [-0.05, 0) is 31.0 Å². The van der Waals surface area contributed by atoms with Crippen molar-refractivity contribution >= 4 is 11.4 Å². The Morgan fingerprint density at radius 1 is 1.50 bits per heavy atom. The van der Waals surface area contributed by atoms with Crippen LogP contribution in [-0.4, -0.2) is 24.3 Å². The molecule has 14 heavy (non-hydrogen) atoms. The van der Waals surface area contributed by atoms with Crippen molar-refractivity contribution in [3.63, 3.8) is 0 Å². The third-order valence-corrected chi connectivity index (χ3v) is 2.85. The second-order valence-electron chi connectivity index (χ2n) is 3.88. The van der Waals surface area contributed by atoms with Gasteiger partial charge in [-0.15, -0.1) is 0 Å². The van der Waals surface area contributed by atoms with Crippen molar-refractivity contribution in [2.24, 2.45) is 0 Å². The van der Waals surface area contributed by atoms with E-state index in [4.69, 9.17) is 5.73 Å². The Labute approximate surface area is 84.1 Å². The molecule has 3 N–H and O–H groups in total. The van der Waals surface area contributed by atoms with Gasteiger partial charge in [0.05, 0.1) is 6.10 Å². The molecule has 0 radical (unpaired) electrons. The summed E-state index contributed by atoms with van der Waals surface area (Å²) < 4.78 is 0. The van der Waals surface area contributed by atoms with Crippen molar-refractivity contribution in [1.29, 1.82) is 0 Å². The summed E-state index contributed by atoms with van der Waals surface area (Å²) in [7, 11) is 0. The first kappa shape index (κ1) is 9.34. The Hall–Kier alpha value is -1.22. The predicted molar refractivity (Wildman–Crippen MR) is 58.4 cm³/mol. The van der Waals surface area contributed by atoms with Crippen molar-refractivity contribution in [2.45, 2.75) is 19.4 Å². The average molecular weight is 192 g/mol. The lowest BCUT2D eigenvalue weighted by Gasteiger charge is -2.20. The number of nitrogens with zero attached hydrogens (tertiary/aromatic N) is 1. The van der Waals surface area contributed by atoms with Crippen molar-refractivity contribution in [2.75, 3.05) is 23.7 Å². The van der Waals surface area contributed by atoms with Crippen LogP contribution in [0.25, 0.3) is 0 Å². The van der Waals surface area contributed by atoms with Gasteiger partial charge < -0.3 is 15.7 Å². The summed E-state index contributed by atoms with van der Waals surface area (Å²) in [5.41, 5.74) is 8.92. The second kappa shape index (κ2) is 3.50. The van der Waals surface area contributed by atoms with E-state index in [1.807, 2.05) is 19.1 Å². The summed E-state index contributed by atoms with van der Waals surface area (Å²) in [6, 6.07) is 5.93. The van der Waals surface area contributed by atoms with Gasteiger partial charge in [0.15, 0.2) is 0 Å². The zero-order chi connectivity index (χ0) is 10.1. The minimum atomic E-state index is -0.184. The fourth-order valence-corrected chi connectivity index (χ4v) is 1.94. The molecule has 1 saturated heterocycles. The van der Waals surface area contributed by atoms with Crippen LogP contribution in [0.15, 0.2) is 18.2 Å². The molecule has 1 aromatic rings. The van der Waals surface area contributed by atoms with Crippen LogP contribution in [0.4, 0.5) is 11.4 Å². The van der Waals surface area contributed by atoms with Crippen LogP contribution in [0, 0.1) is 6.92 Å². The van der Waals surface area contributed by atoms with E-state index in [9.17, 15) is 5.11 Å². The van der Waals surface area contributed by atoms with Gasteiger partial charge in [0, 0.05) is 24.5 Å². The molecular formula is C11H16N2O. The van der Waals surface area contributed by atoms with E-state index < -0.39 is 0 Å². The van der Waals surface area contributed by atoms with E-state index in [1.165, 1.54) is 0 Å². The smallest absolute Gasteiger partial charge is 0.0731 e. The largest absolute Gasteiger partial charge is 0.398 e. The first-order valence-corrected chi connectivity index (χ1v) is 4.96. The number of β-amino-alcohol motifs (C(OH)–C–C–N with tert-alkyl or cyclic N) is 1. The number of anilines is 2. The van der Waals surface area contributed by atoms with E-state index >= 15 is 0 Å². The summed E-state index contributed by atoms with van der Waals surface area (Å²) in [5, 5.41) is 9.45. The van der Waals surface area contributed by atoms with Gasteiger partial charge in [-0.3, -0.25) is 0 Å². The van der Waals surface area contributed by atoms with Crippen LogP contribution in [0.2, 0.25) is 0 Å². The summed E-state index contributed by atoms with van der Waals surface area (Å²) in [4.78, 5) is 2.19. The first-order chi connectivity index (χ1) is 6.68. The Morgan fingerprint density at radius 3 is 2.93 bits per heavy atom. The lowest BCUT2D eigenvalue weighted by molar-refractivity contribution is 0.198. The Balaban J connectivity index is 2.28. The molecule has 1 aromatic carbocycles. The van der Waals surface area contributed by atoms with Gasteiger partial charge >= 0.3 is 0 Å². The maximum absolute atomic E-state index is 9.45. The van der Waals surface area contributed by atoms with E-state index in [1.54, 1.807) is 0 Å². The number of benzene rings is 1. The highest BCUT2D eigenvalue weighted by atomic mass is 16.3. The van der Waals surface area contributed by atoms with Crippen LogP contribution >= 0.6 is 0 Å². The molecule has 1 aliphatic rings. The third-order valence-electron chi connectivity index (χ3n) is 2.85. The van der Waals surface area contributed by atoms with Crippen molar-refractivity contribution in [3.05, 3.63) is 23.8 Å². The van der Waals surface area contributed by atoms with Crippen LogP contribution < -0.4 is 10.6 Å². The normalized spacial score (nSPS) is 21.6. The van der Waals surface area contributed by atoms with Gasteiger partial charge in [0.25, 0.3) is 0 Å². The highest BCUT2D eigenvalue weighted by Crippen LogP contribution is 2.27. The molecule has 0 bridgehead atoms. The fourth-order valence-electron chi connectivity index (χ4n) is 1.94. The van der Waals surface area contributed by atoms with E-state index in [-0.39, 0.29) is 6.10 Å². The number of aliphatic hydroxyl groups excluding tert-OH is 1. The molecule has 0 amide bonds. The molecule has 1 unspecified atom stereocenters. The minimum absolute atomic E-state index is 0.184. The summed E-state index contributed by atoms with van der Waals surface area (Å²) >= 11 is 0. The predicted octanol–water partition coefficient (Wildman–Crippen LogP) is 1.15. The molecule has 1 aliphatic heterocycles. The average Bonchev–Trinajstić information content (AvgIpc) is 2.57. The Morgan fingerprint density at radius 2 is 2.29 bits per heavy atom. The second-order valence-corrected chi connectivity index (χ2v) is 3.88. The molecule has 0 aliphatic carbocycles. The zero-order valence-corrected chi connectivity index (χ0v) is 8.40. The van der Waals surface area contributed by atoms with Crippen molar-refractivity contribution in [3.8, 4) is 0 Å². The number of aliphatic hydroxyl groups is 1. The maximum atomic E-state index is 9.45. The highest BCUT2D eigenvalue weighted by molar-refractivity contribution is 5.64. The van der Waals surface area contributed by atoms with Crippen LogP contribution in [0.3, 0.4) is 0 Å². The summed E-state index contributed by atoms with van der Waals surface area (Å²) in [6.45, 7) is 3.67. The highest BCUT2D eigenvalue weighted by Gasteiger charge is 2.21. The molecule has 3 heteroatoms. The minimum Gasteiger partial charge on any atom is -0.398 e. The van der Waals surface area contributed by atoms with E-state index in [2.05, 4.69) is 11.0 Å². The molecule has 0 aromatic heterocycles. The van der Waals surface area contributed by atoms with Gasteiger partial charge in [-0.25, -0.2) is 0 Å².